The number of hydrogen-bond donors (Lipinski definition) is 1. The normalized spacial score (nSPS) is 11.4. The topological polar surface area (TPSA) is 78.9 Å². The van der Waals surface area contributed by atoms with Crippen LogP contribution in [0.1, 0.15) is 46.6 Å². The molecule has 10 heteroatoms. The van der Waals surface area contributed by atoms with Gasteiger partial charge in [0.1, 0.15) is 29.3 Å². The van der Waals surface area contributed by atoms with Gasteiger partial charge in [0.15, 0.2) is 5.16 Å². The van der Waals surface area contributed by atoms with E-state index in [-0.39, 0.29) is 16.9 Å². The van der Waals surface area contributed by atoms with Crippen molar-refractivity contribution < 1.29 is 27.5 Å². The van der Waals surface area contributed by atoms with Gasteiger partial charge >= 0.3 is 5.97 Å². The van der Waals surface area contributed by atoms with Crippen LogP contribution in [-0.2, 0) is 11.2 Å². The fraction of sp³-hybridized carbons (Fsp3) is 0.148. The molecule has 0 bridgehead atoms. The lowest BCUT2D eigenvalue weighted by molar-refractivity contribution is 0.0695. The molecule has 0 amide bonds. The monoisotopic (exact) mass is 525 g/mol. The zero-order chi connectivity index (χ0) is 26.9. The van der Waals surface area contributed by atoms with E-state index in [4.69, 9.17) is 5.11 Å². The molecule has 4 rings (SSSR count). The highest BCUT2D eigenvalue weighted by Crippen LogP contribution is 2.37. The lowest BCUT2D eigenvalue weighted by Crippen LogP contribution is -2.23. The Balaban J connectivity index is 1.79. The molecule has 0 fully saturated rings. The number of hydrogen-bond acceptors (Lipinski definition) is 4. The number of nitrogens with zero attached hydrogens (tertiary/aromatic N) is 3. The zero-order valence-electron chi connectivity index (χ0n) is 19.6. The molecule has 1 aromatic heterocycles. The SMILES string of the molecule is CC(C)(c1ccc(F)c(C#N)c1)c1cnc(SCc2c(F)cc(C(=O)O)cc2F)n1-c1ccc(F)cc1. The van der Waals surface area contributed by atoms with Crippen LogP contribution in [0.5, 0.6) is 0 Å². The van der Waals surface area contributed by atoms with Crippen molar-refractivity contribution in [2.24, 2.45) is 0 Å². The zero-order valence-corrected chi connectivity index (χ0v) is 20.4. The summed E-state index contributed by atoms with van der Waals surface area (Å²) in [5.74, 6) is -4.76. The van der Waals surface area contributed by atoms with Crippen molar-refractivity contribution in [2.75, 3.05) is 0 Å². The molecule has 0 spiro atoms. The van der Waals surface area contributed by atoms with Crippen LogP contribution in [0.15, 0.2) is 66.0 Å². The first-order valence-electron chi connectivity index (χ1n) is 10.9. The number of nitriles is 1. The van der Waals surface area contributed by atoms with Gasteiger partial charge in [-0.05, 0) is 54.1 Å². The van der Waals surface area contributed by atoms with Gasteiger partial charge in [0.25, 0.3) is 0 Å². The van der Waals surface area contributed by atoms with E-state index < -0.39 is 40.2 Å². The molecule has 37 heavy (non-hydrogen) atoms. The Hall–Kier alpha value is -4.10. The third-order valence-corrected chi connectivity index (χ3v) is 6.98. The van der Waals surface area contributed by atoms with Crippen LogP contribution in [0.2, 0.25) is 0 Å². The Labute approximate surface area is 214 Å². The van der Waals surface area contributed by atoms with E-state index in [9.17, 15) is 27.6 Å². The first kappa shape index (κ1) is 26.0. The summed E-state index contributed by atoms with van der Waals surface area (Å²) in [6.45, 7) is 3.69. The highest BCUT2D eigenvalue weighted by molar-refractivity contribution is 7.98. The minimum absolute atomic E-state index is 0.122. The molecule has 0 radical (unpaired) electrons. The number of carboxylic acid groups (broad SMARTS) is 1. The van der Waals surface area contributed by atoms with Gasteiger partial charge in [0.2, 0.25) is 0 Å². The maximum absolute atomic E-state index is 14.5. The van der Waals surface area contributed by atoms with Gasteiger partial charge in [-0.3, -0.25) is 4.57 Å². The van der Waals surface area contributed by atoms with Gasteiger partial charge in [-0.25, -0.2) is 27.3 Å². The molecule has 0 aliphatic heterocycles. The summed E-state index contributed by atoms with van der Waals surface area (Å²) in [6.07, 6.45) is 1.56. The van der Waals surface area contributed by atoms with Crippen molar-refractivity contribution in [1.82, 2.24) is 9.55 Å². The fourth-order valence-corrected chi connectivity index (χ4v) is 4.88. The standard InChI is InChI=1S/C27H19F4N3O2S/c1-27(2,17-3-8-21(29)16(9-17)12-32)24-13-33-26(34(24)19-6-4-18(28)5-7-19)37-14-20-22(30)10-15(25(35)36)11-23(20)31/h3-11,13H,14H2,1-2H3,(H,35,36). The van der Waals surface area contributed by atoms with Crippen LogP contribution in [0.3, 0.4) is 0 Å². The second-order valence-corrected chi connectivity index (χ2v) is 9.62. The van der Waals surface area contributed by atoms with Gasteiger partial charge in [0, 0.05) is 22.4 Å². The summed E-state index contributed by atoms with van der Waals surface area (Å²) in [7, 11) is 0. The number of imidazole rings is 1. The summed E-state index contributed by atoms with van der Waals surface area (Å²) >= 11 is 1.00. The van der Waals surface area contributed by atoms with Crippen molar-refractivity contribution >= 4 is 17.7 Å². The third kappa shape index (κ3) is 5.08. The van der Waals surface area contributed by atoms with Crippen LogP contribution in [-0.4, -0.2) is 20.6 Å². The Kier molecular flexibility index (Phi) is 7.09. The number of rotatable bonds is 7. The minimum Gasteiger partial charge on any atom is -0.478 e. The molecular formula is C27H19F4N3O2S. The van der Waals surface area contributed by atoms with Gasteiger partial charge in [-0.15, -0.1) is 0 Å². The molecule has 0 saturated heterocycles. The summed E-state index contributed by atoms with van der Waals surface area (Å²) in [5.41, 5.74) is -0.0266. The number of thioether (sulfide) groups is 1. The van der Waals surface area contributed by atoms with E-state index in [2.05, 4.69) is 4.98 Å². The Morgan fingerprint density at radius 2 is 1.68 bits per heavy atom. The number of carbonyl (C=O) groups is 1. The van der Waals surface area contributed by atoms with Crippen LogP contribution in [0.25, 0.3) is 5.69 Å². The average molecular weight is 526 g/mol. The molecular weight excluding hydrogens is 506 g/mol. The van der Waals surface area contributed by atoms with E-state index in [1.54, 1.807) is 16.8 Å². The number of benzene rings is 3. The third-order valence-electron chi connectivity index (χ3n) is 6.00. The van der Waals surface area contributed by atoms with Crippen molar-refractivity contribution in [3.63, 3.8) is 0 Å². The molecule has 4 aromatic rings. The maximum Gasteiger partial charge on any atom is 0.335 e. The van der Waals surface area contributed by atoms with Gasteiger partial charge in [0.05, 0.1) is 23.0 Å². The van der Waals surface area contributed by atoms with Crippen molar-refractivity contribution in [2.45, 2.75) is 30.2 Å². The second kappa shape index (κ2) is 10.1. The minimum atomic E-state index is -1.45. The van der Waals surface area contributed by atoms with E-state index >= 15 is 0 Å². The van der Waals surface area contributed by atoms with Crippen LogP contribution in [0, 0.1) is 34.6 Å². The Bertz CT molecular complexity index is 1520. The number of aromatic carboxylic acids is 1. The molecule has 0 aliphatic carbocycles. The molecule has 0 unspecified atom stereocenters. The van der Waals surface area contributed by atoms with Crippen LogP contribution >= 0.6 is 11.8 Å². The maximum atomic E-state index is 14.5. The quantitative estimate of drug-likeness (QED) is 0.217. The van der Waals surface area contributed by atoms with Crippen molar-refractivity contribution in [3.05, 3.63) is 112 Å². The highest BCUT2D eigenvalue weighted by Gasteiger charge is 2.30. The molecule has 0 aliphatic rings. The molecule has 1 N–H and O–H groups in total. The van der Waals surface area contributed by atoms with Crippen LogP contribution in [0.4, 0.5) is 17.6 Å². The number of carboxylic acids is 1. The number of halogens is 4. The highest BCUT2D eigenvalue weighted by atomic mass is 32.2. The summed E-state index contributed by atoms with van der Waals surface area (Å²) in [5, 5.41) is 18.6. The van der Waals surface area contributed by atoms with Crippen molar-refractivity contribution in [1.29, 1.82) is 5.26 Å². The fourth-order valence-electron chi connectivity index (χ4n) is 3.87. The van der Waals surface area contributed by atoms with Crippen molar-refractivity contribution in [3.8, 4) is 11.8 Å². The summed E-state index contributed by atoms with van der Waals surface area (Å²) < 4.78 is 58.4. The Morgan fingerprint density at radius 1 is 1.03 bits per heavy atom. The smallest absolute Gasteiger partial charge is 0.335 e. The first-order valence-corrected chi connectivity index (χ1v) is 11.9. The molecule has 0 atom stereocenters. The predicted octanol–water partition coefficient (Wildman–Crippen LogP) is 6.62. The first-order chi connectivity index (χ1) is 17.5. The van der Waals surface area contributed by atoms with E-state index in [1.165, 1.54) is 36.4 Å². The molecule has 0 saturated carbocycles. The van der Waals surface area contributed by atoms with Gasteiger partial charge in [-0.2, -0.15) is 5.26 Å². The lowest BCUT2D eigenvalue weighted by atomic mass is 9.81. The van der Waals surface area contributed by atoms with Gasteiger partial charge in [-0.1, -0.05) is 31.7 Å². The van der Waals surface area contributed by atoms with E-state index in [0.29, 0.717) is 22.1 Å². The summed E-state index contributed by atoms with van der Waals surface area (Å²) in [4.78, 5) is 15.5. The average Bonchev–Trinajstić information content (AvgIpc) is 3.28. The lowest BCUT2D eigenvalue weighted by Gasteiger charge is -2.27. The van der Waals surface area contributed by atoms with E-state index in [0.717, 1.165) is 23.9 Å². The molecule has 1 heterocycles. The predicted molar refractivity (Wildman–Crippen MR) is 130 cm³/mol. The largest absolute Gasteiger partial charge is 0.478 e. The second-order valence-electron chi connectivity index (χ2n) is 8.68. The number of aromatic nitrogens is 2. The summed E-state index contributed by atoms with van der Waals surface area (Å²) in [6, 6.07) is 13.1. The molecule has 188 valence electrons. The van der Waals surface area contributed by atoms with E-state index in [1.807, 2.05) is 19.9 Å². The van der Waals surface area contributed by atoms with Gasteiger partial charge < -0.3 is 5.11 Å². The molecule has 3 aromatic carbocycles. The Morgan fingerprint density at radius 3 is 2.27 bits per heavy atom. The molecule has 5 nitrogen and oxygen atoms in total. The van der Waals surface area contributed by atoms with Crippen LogP contribution < -0.4 is 0 Å².